The highest BCUT2D eigenvalue weighted by atomic mass is 16.2. The number of aromatic nitrogens is 2. The van der Waals surface area contributed by atoms with Gasteiger partial charge in [0.15, 0.2) is 0 Å². The Balaban J connectivity index is 1.36. The van der Waals surface area contributed by atoms with E-state index < -0.39 is 0 Å². The molecule has 2 aromatic heterocycles. The first-order valence-corrected chi connectivity index (χ1v) is 10.9. The summed E-state index contributed by atoms with van der Waals surface area (Å²) in [6, 6.07) is 5.84. The topological polar surface area (TPSA) is 90.5 Å². The van der Waals surface area contributed by atoms with Crippen LogP contribution < -0.4 is 15.5 Å². The van der Waals surface area contributed by atoms with E-state index in [4.69, 9.17) is 0 Å². The molecule has 8 heteroatoms. The Bertz CT molecular complexity index is 984. The Morgan fingerprint density at radius 2 is 2.03 bits per heavy atom. The van der Waals surface area contributed by atoms with E-state index in [1.807, 2.05) is 26.1 Å². The molecule has 2 aromatic rings. The molecule has 1 saturated heterocycles. The molecule has 2 aliphatic rings. The smallest absolute Gasteiger partial charge is 0.269 e. The zero-order valence-corrected chi connectivity index (χ0v) is 18.4. The van der Waals surface area contributed by atoms with Gasteiger partial charge >= 0.3 is 0 Å². The first-order chi connectivity index (χ1) is 15.0. The summed E-state index contributed by atoms with van der Waals surface area (Å²) in [4.78, 5) is 37.8. The fourth-order valence-corrected chi connectivity index (χ4v) is 4.33. The number of carbonyl (C=O) groups is 2. The molecular weight excluding hydrogens is 392 g/mol. The predicted octanol–water partition coefficient (Wildman–Crippen LogP) is 1.99. The van der Waals surface area contributed by atoms with E-state index in [0.29, 0.717) is 5.69 Å². The Morgan fingerprint density at radius 3 is 2.71 bits per heavy atom. The fourth-order valence-electron chi connectivity index (χ4n) is 4.33. The SMILES string of the molecule is CCC1Cc2ncc(CN3CCN(c4ccc(C(=O)NC)nc4C)CC3)cc2NC1=O. The molecule has 2 N–H and O–H groups in total. The van der Waals surface area contributed by atoms with Crippen molar-refractivity contribution in [2.24, 2.45) is 5.92 Å². The fraction of sp³-hybridized carbons (Fsp3) is 0.478. The summed E-state index contributed by atoms with van der Waals surface area (Å²) in [5.41, 5.74) is 5.37. The molecule has 0 aromatic carbocycles. The normalized spacial score (nSPS) is 19.0. The Hall–Kier alpha value is -3.00. The van der Waals surface area contributed by atoms with Gasteiger partial charge < -0.3 is 15.5 Å². The zero-order chi connectivity index (χ0) is 22.0. The number of hydrogen-bond acceptors (Lipinski definition) is 6. The number of amides is 2. The number of carbonyl (C=O) groups excluding carboxylic acids is 2. The summed E-state index contributed by atoms with van der Waals surface area (Å²) in [5, 5.41) is 5.64. The van der Waals surface area contributed by atoms with Crippen molar-refractivity contribution < 1.29 is 9.59 Å². The van der Waals surface area contributed by atoms with Gasteiger partial charge in [-0.25, -0.2) is 4.98 Å². The van der Waals surface area contributed by atoms with Crippen LogP contribution in [0.4, 0.5) is 11.4 Å². The van der Waals surface area contributed by atoms with Crippen LogP contribution in [-0.2, 0) is 17.8 Å². The number of aryl methyl sites for hydroxylation is 1. The Kier molecular flexibility index (Phi) is 6.18. The van der Waals surface area contributed by atoms with Crippen LogP contribution >= 0.6 is 0 Å². The molecule has 1 fully saturated rings. The third kappa shape index (κ3) is 4.54. The van der Waals surface area contributed by atoms with E-state index in [-0.39, 0.29) is 17.7 Å². The number of nitrogens with zero attached hydrogens (tertiary/aromatic N) is 4. The van der Waals surface area contributed by atoms with E-state index >= 15 is 0 Å². The third-order valence-corrected chi connectivity index (χ3v) is 6.22. The highest BCUT2D eigenvalue weighted by Crippen LogP contribution is 2.27. The standard InChI is InChI=1S/C23H30N6O2/c1-4-17-12-19-20(27-22(17)30)11-16(13-25-19)14-28-7-9-29(10-8-28)21-6-5-18(23(31)24-3)26-15(21)2/h5-6,11,13,17H,4,7-10,12,14H2,1-3H3,(H,24,31)(H,27,30). The van der Waals surface area contributed by atoms with Gasteiger partial charge in [0, 0.05) is 58.3 Å². The molecule has 0 radical (unpaired) electrons. The van der Waals surface area contributed by atoms with Crippen LogP contribution in [0, 0.1) is 12.8 Å². The van der Waals surface area contributed by atoms with Crippen LogP contribution in [0.2, 0.25) is 0 Å². The number of piperazine rings is 1. The maximum atomic E-state index is 12.2. The molecule has 164 valence electrons. The van der Waals surface area contributed by atoms with Crippen molar-refractivity contribution in [1.29, 1.82) is 0 Å². The van der Waals surface area contributed by atoms with Crippen molar-refractivity contribution in [1.82, 2.24) is 20.2 Å². The summed E-state index contributed by atoms with van der Waals surface area (Å²) in [5.74, 6) is -0.0317. The van der Waals surface area contributed by atoms with Gasteiger partial charge in [0.05, 0.1) is 22.8 Å². The van der Waals surface area contributed by atoms with Gasteiger partial charge in [0.1, 0.15) is 5.69 Å². The molecule has 31 heavy (non-hydrogen) atoms. The van der Waals surface area contributed by atoms with E-state index in [1.165, 1.54) is 0 Å². The van der Waals surface area contributed by atoms with Gasteiger partial charge in [-0.05, 0) is 37.1 Å². The van der Waals surface area contributed by atoms with Gasteiger partial charge in [-0.15, -0.1) is 0 Å². The minimum atomic E-state index is -0.167. The van der Waals surface area contributed by atoms with Crippen molar-refractivity contribution in [3.8, 4) is 0 Å². The van der Waals surface area contributed by atoms with Gasteiger partial charge in [-0.3, -0.25) is 19.5 Å². The van der Waals surface area contributed by atoms with E-state index in [9.17, 15) is 9.59 Å². The molecule has 0 spiro atoms. The van der Waals surface area contributed by atoms with Crippen LogP contribution in [-0.4, -0.2) is 59.9 Å². The average Bonchev–Trinajstić information content (AvgIpc) is 2.78. The summed E-state index contributed by atoms with van der Waals surface area (Å²) in [6.07, 6.45) is 3.51. The predicted molar refractivity (Wildman–Crippen MR) is 120 cm³/mol. The molecule has 0 bridgehead atoms. The summed E-state index contributed by atoms with van der Waals surface area (Å²) in [6.45, 7) is 8.45. The third-order valence-electron chi connectivity index (χ3n) is 6.22. The quantitative estimate of drug-likeness (QED) is 0.766. The van der Waals surface area contributed by atoms with Gasteiger partial charge in [0.25, 0.3) is 5.91 Å². The number of anilines is 2. The van der Waals surface area contributed by atoms with E-state index in [2.05, 4.69) is 36.5 Å². The molecule has 2 aliphatic heterocycles. The highest BCUT2D eigenvalue weighted by Gasteiger charge is 2.26. The van der Waals surface area contributed by atoms with Crippen LogP contribution in [0.3, 0.4) is 0 Å². The molecule has 8 nitrogen and oxygen atoms in total. The molecular formula is C23H30N6O2. The Morgan fingerprint density at radius 1 is 1.26 bits per heavy atom. The summed E-state index contributed by atoms with van der Waals surface area (Å²) < 4.78 is 0. The molecule has 0 saturated carbocycles. The lowest BCUT2D eigenvalue weighted by Gasteiger charge is -2.36. The number of rotatable bonds is 5. The second-order valence-electron chi connectivity index (χ2n) is 8.28. The molecule has 2 amide bonds. The monoisotopic (exact) mass is 422 g/mol. The summed E-state index contributed by atoms with van der Waals surface area (Å²) in [7, 11) is 1.61. The number of hydrogen-bond donors (Lipinski definition) is 2. The first kappa shape index (κ1) is 21.2. The van der Waals surface area contributed by atoms with Gasteiger partial charge in [-0.1, -0.05) is 6.92 Å². The van der Waals surface area contributed by atoms with Crippen molar-refractivity contribution >= 4 is 23.2 Å². The largest absolute Gasteiger partial charge is 0.368 e. The second-order valence-corrected chi connectivity index (χ2v) is 8.28. The summed E-state index contributed by atoms with van der Waals surface area (Å²) >= 11 is 0. The zero-order valence-electron chi connectivity index (χ0n) is 18.4. The molecule has 4 rings (SSSR count). The number of pyridine rings is 2. The maximum Gasteiger partial charge on any atom is 0.269 e. The second kappa shape index (κ2) is 9.01. The van der Waals surface area contributed by atoms with Crippen molar-refractivity contribution in [3.05, 3.63) is 47.0 Å². The number of nitrogens with one attached hydrogen (secondary N) is 2. The van der Waals surface area contributed by atoms with Crippen molar-refractivity contribution in [3.63, 3.8) is 0 Å². The highest BCUT2D eigenvalue weighted by molar-refractivity contribution is 5.95. The van der Waals surface area contributed by atoms with Crippen LogP contribution in [0.25, 0.3) is 0 Å². The van der Waals surface area contributed by atoms with Crippen LogP contribution in [0.15, 0.2) is 24.4 Å². The molecule has 1 unspecified atom stereocenters. The van der Waals surface area contributed by atoms with Crippen LogP contribution in [0.1, 0.15) is 40.8 Å². The lowest BCUT2D eigenvalue weighted by Crippen LogP contribution is -2.46. The lowest BCUT2D eigenvalue weighted by molar-refractivity contribution is -0.120. The van der Waals surface area contributed by atoms with Gasteiger partial charge in [0.2, 0.25) is 5.91 Å². The lowest BCUT2D eigenvalue weighted by atomic mass is 9.94. The average molecular weight is 423 g/mol. The van der Waals surface area contributed by atoms with Gasteiger partial charge in [-0.2, -0.15) is 0 Å². The minimum absolute atomic E-state index is 0.0299. The van der Waals surface area contributed by atoms with E-state index in [1.54, 1.807) is 13.1 Å². The van der Waals surface area contributed by atoms with Crippen molar-refractivity contribution in [2.45, 2.75) is 33.2 Å². The Labute approximate surface area is 183 Å². The first-order valence-electron chi connectivity index (χ1n) is 10.9. The molecule has 1 atom stereocenters. The van der Waals surface area contributed by atoms with E-state index in [0.717, 1.165) is 73.9 Å². The maximum absolute atomic E-state index is 12.2. The molecule has 4 heterocycles. The van der Waals surface area contributed by atoms with Crippen LogP contribution in [0.5, 0.6) is 0 Å². The number of fused-ring (bicyclic) bond motifs is 1. The minimum Gasteiger partial charge on any atom is -0.368 e. The molecule has 0 aliphatic carbocycles. The van der Waals surface area contributed by atoms with Crippen molar-refractivity contribution in [2.75, 3.05) is 43.4 Å².